The zero-order valence-corrected chi connectivity index (χ0v) is 16.9. The van der Waals surface area contributed by atoms with Crippen molar-refractivity contribution in [2.45, 2.75) is 73.1 Å². The molecule has 0 unspecified atom stereocenters. The third-order valence-corrected chi connectivity index (χ3v) is 3.85. The topological polar surface area (TPSA) is 63.6 Å². The van der Waals surface area contributed by atoms with Gasteiger partial charge in [-0.15, -0.1) is 0 Å². The van der Waals surface area contributed by atoms with E-state index in [1.165, 1.54) is 24.1 Å². The minimum Gasteiger partial charge on any atom is -0.478 e. The predicted molar refractivity (Wildman–Crippen MR) is 107 cm³/mol. The monoisotopic (exact) mass is 362 g/mol. The fourth-order valence-electron chi connectivity index (χ4n) is 2.41. The van der Waals surface area contributed by atoms with E-state index in [0.717, 1.165) is 43.3 Å². The van der Waals surface area contributed by atoms with Crippen molar-refractivity contribution in [1.82, 2.24) is 0 Å². The molecule has 4 nitrogen and oxygen atoms in total. The van der Waals surface area contributed by atoms with Gasteiger partial charge in [0.1, 0.15) is 6.61 Å². The van der Waals surface area contributed by atoms with Crippen LogP contribution >= 0.6 is 0 Å². The van der Waals surface area contributed by atoms with Crippen LogP contribution in [0.3, 0.4) is 0 Å². The molecule has 0 amide bonds. The van der Waals surface area contributed by atoms with Gasteiger partial charge in [-0.05, 0) is 71.8 Å². The summed E-state index contributed by atoms with van der Waals surface area (Å²) in [5.41, 5.74) is 4.62. The van der Waals surface area contributed by atoms with Crippen LogP contribution in [0.4, 0.5) is 0 Å². The van der Waals surface area contributed by atoms with E-state index in [4.69, 9.17) is 9.84 Å². The predicted octanol–water partition coefficient (Wildman–Crippen LogP) is 5.76. The molecule has 0 aromatic rings. The molecule has 0 radical (unpaired) electrons. The van der Waals surface area contributed by atoms with Crippen LogP contribution < -0.4 is 0 Å². The molecule has 0 spiro atoms. The molecule has 0 rings (SSSR count). The van der Waals surface area contributed by atoms with Gasteiger partial charge in [-0.1, -0.05) is 34.9 Å². The lowest BCUT2D eigenvalue weighted by Crippen LogP contribution is -2.03. The van der Waals surface area contributed by atoms with Crippen molar-refractivity contribution in [2.24, 2.45) is 0 Å². The minimum absolute atomic E-state index is 0.286. The molecule has 0 saturated carbocycles. The number of carbonyl (C=O) groups is 2. The smallest absolute Gasteiger partial charge is 0.328 e. The van der Waals surface area contributed by atoms with E-state index < -0.39 is 5.97 Å². The summed E-state index contributed by atoms with van der Waals surface area (Å²) in [6.07, 6.45) is 13.1. The van der Waals surface area contributed by atoms with E-state index in [-0.39, 0.29) is 5.97 Å². The highest BCUT2D eigenvalue weighted by atomic mass is 16.5. The van der Waals surface area contributed by atoms with Gasteiger partial charge < -0.3 is 9.84 Å². The maximum atomic E-state index is 11.1. The second-order valence-electron chi connectivity index (χ2n) is 6.92. The van der Waals surface area contributed by atoms with E-state index in [0.29, 0.717) is 13.0 Å². The molecule has 0 aromatic heterocycles. The number of rotatable bonds is 12. The largest absolute Gasteiger partial charge is 0.478 e. The van der Waals surface area contributed by atoms with Gasteiger partial charge in [0.25, 0.3) is 0 Å². The molecule has 0 aliphatic heterocycles. The molecule has 0 fully saturated rings. The van der Waals surface area contributed by atoms with Gasteiger partial charge in [-0.3, -0.25) is 4.79 Å². The zero-order valence-electron chi connectivity index (χ0n) is 16.9. The Morgan fingerprint density at radius 1 is 0.808 bits per heavy atom. The third-order valence-electron chi connectivity index (χ3n) is 3.85. The maximum absolute atomic E-state index is 11.1. The Morgan fingerprint density at radius 2 is 1.38 bits per heavy atom. The number of hydrogen-bond donors (Lipinski definition) is 1. The molecule has 0 atom stereocenters. The van der Waals surface area contributed by atoms with Crippen molar-refractivity contribution in [1.29, 1.82) is 0 Å². The number of ether oxygens (including phenoxy) is 1. The van der Waals surface area contributed by atoms with Crippen LogP contribution in [-0.2, 0) is 14.3 Å². The van der Waals surface area contributed by atoms with Crippen molar-refractivity contribution >= 4 is 11.9 Å². The average molecular weight is 363 g/mol. The summed E-state index contributed by atoms with van der Waals surface area (Å²) < 4.78 is 5.13. The summed E-state index contributed by atoms with van der Waals surface area (Å²) in [6, 6.07) is 0. The number of aliphatic carboxylic acids is 1. The Balaban J connectivity index is 4.58. The molecule has 0 heterocycles. The van der Waals surface area contributed by atoms with Gasteiger partial charge in [-0.2, -0.15) is 0 Å². The second-order valence-corrected chi connectivity index (χ2v) is 6.92. The molecular weight excluding hydrogens is 328 g/mol. The molecule has 0 aliphatic carbocycles. The highest BCUT2D eigenvalue weighted by molar-refractivity contribution is 5.80. The van der Waals surface area contributed by atoms with E-state index in [1.54, 1.807) is 0 Å². The minimum atomic E-state index is -0.916. The van der Waals surface area contributed by atoms with E-state index in [1.807, 2.05) is 6.92 Å². The normalized spacial score (nSPS) is 12.7. The fraction of sp³-hybridized carbons (Fsp3) is 0.545. The first-order chi connectivity index (χ1) is 12.2. The highest BCUT2D eigenvalue weighted by Gasteiger charge is 2.01. The Kier molecular flexibility index (Phi) is 13.0. The Morgan fingerprint density at radius 3 is 1.96 bits per heavy atom. The third kappa shape index (κ3) is 15.4. The fourth-order valence-corrected chi connectivity index (χ4v) is 2.41. The molecule has 26 heavy (non-hydrogen) atoms. The number of carboxylic acid groups (broad SMARTS) is 1. The van der Waals surface area contributed by atoms with Gasteiger partial charge in [-0.25, -0.2) is 4.79 Å². The molecule has 0 bridgehead atoms. The lowest BCUT2D eigenvalue weighted by atomic mass is 10.0. The van der Waals surface area contributed by atoms with Crippen LogP contribution in [0.15, 0.2) is 46.6 Å². The summed E-state index contributed by atoms with van der Waals surface area (Å²) in [5.74, 6) is -1.20. The highest BCUT2D eigenvalue weighted by Crippen LogP contribution is 2.14. The van der Waals surface area contributed by atoms with Crippen molar-refractivity contribution < 1.29 is 19.4 Å². The zero-order chi connectivity index (χ0) is 19.9. The first-order valence-corrected chi connectivity index (χ1v) is 9.21. The molecular formula is C22H34O4. The quantitative estimate of drug-likeness (QED) is 0.272. The second kappa shape index (κ2) is 14.1. The molecule has 0 aromatic carbocycles. The van der Waals surface area contributed by atoms with Crippen molar-refractivity contribution in [2.75, 3.05) is 6.61 Å². The standard InChI is InChI=1S/C22H34O4/c1-17(2)9-6-10-18(3)11-7-13-21(16-26-20(5)23)14-8-12-19(4)15-22(24)25/h9,11,14-15H,6-8,10,12-13,16H2,1-5H3,(H,24,25). The maximum Gasteiger partial charge on any atom is 0.328 e. The summed E-state index contributed by atoms with van der Waals surface area (Å²) in [6.45, 7) is 9.89. The number of allylic oxidation sites excluding steroid dienone is 6. The lowest BCUT2D eigenvalue weighted by Gasteiger charge is -2.08. The number of carbonyl (C=O) groups excluding carboxylic acids is 1. The van der Waals surface area contributed by atoms with E-state index >= 15 is 0 Å². The molecule has 4 heteroatoms. The van der Waals surface area contributed by atoms with E-state index in [2.05, 4.69) is 39.0 Å². The van der Waals surface area contributed by atoms with Crippen LogP contribution in [0.25, 0.3) is 0 Å². The van der Waals surface area contributed by atoms with Crippen LogP contribution in [0.1, 0.15) is 73.1 Å². The van der Waals surface area contributed by atoms with Crippen LogP contribution in [0.2, 0.25) is 0 Å². The van der Waals surface area contributed by atoms with Gasteiger partial charge in [0.2, 0.25) is 0 Å². The van der Waals surface area contributed by atoms with Gasteiger partial charge in [0.05, 0.1) is 0 Å². The number of esters is 1. The van der Waals surface area contributed by atoms with Crippen molar-refractivity contribution in [3.05, 3.63) is 46.6 Å². The molecule has 0 saturated heterocycles. The SMILES string of the molecule is CC(=O)OCC(=CCCC(C)=CC(=O)O)CCC=C(C)CCC=C(C)C. The van der Waals surface area contributed by atoms with E-state index in [9.17, 15) is 9.59 Å². The first kappa shape index (κ1) is 23.9. The summed E-state index contributed by atoms with van der Waals surface area (Å²) >= 11 is 0. The first-order valence-electron chi connectivity index (χ1n) is 9.21. The van der Waals surface area contributed by atoms with Crippen LogP contribution in [-0.4, -0.2) is 23.7 Å². The van der Waals surface area contributed by atoms with Gasteiger partial charge in [0, 0.05) is 13.0 Å². The van der Waals surface area contributed by atoms with Crippen molar-refractivity contribution in [3.63, 3.8) is 0 Å². The van der Waals surface area contributed by atoms with Gasteiger partial charge >= 0.3 is 11.9 Å². The van der Waals surface area contributed by atoms with Crippen LogP contribution in [0.5, 0.6) is 0 Å². The Labute approximate surface area is 158 Å². The molecule has 0 aliphatic rings. The lowest BCUT2D eigenvalue weighted by molar-refractivity contribution is -0.140. The number of carboxylic acids is 1. The number of hydrogen-bond acceptors (Lipinski definition) is 3. The average Bonchev–Trinajstić information content (AvgIpc) is 2.50. The van der Waals surface area contributed by atoms with Crippen molar-refractivity contribution in [3.8, 4) is 0 Å². The Bertz CT molecular complexity index is 573. The molecule has 1 N–H and O–H groups in total. The molecule has 146 valence electrons. The van der Waals surface area contributed by atoms with Gasteiger partial charge in [0.15, 0.2) is 0 Å². The van der Waals surface area contributed by atoms with Crippen LogP contribution in [0, 0.1) is 0 Å². The summed E-state index contributed by atoms with van der Waals surface area (Å²) in [7, 11) is 0. The summed E-state index contributed by atoms with van der Waals surface area (Å²) in [5, 5.41) is 8.74. The summed E-state index contributed by atoms with van der Waals surface area (Å²) in [4.78, 5) is 21.7. The Hall–Kier alpha value is -2.10.